The lowest BCUT2D eigenvalue weighted by molar-refractivity contribution is 0.174. The van der Waals surface area contributed by atoms with Gasteiger partial charge >= 0.3 is 6.03 Å². The molecule has 2 amide bonds. The van der Waals surface area contributed by atoms with Gasteiger partial charge in [-0.2, -0.15) is 0 Å². The molecule has 1 aliphatic heterocycles. The number of aryl methyl sites for hydroxylation is 1. The van der Waals surface area contributed by atoms with Gasteiger partial charge in [-0.25, -0.2) is 14.8 Å². The molecule has 1 atom stereocenters. The molecule has 0 aliphatic carbocycles. The standard InChI is InChI=1S/C19H25N5O/c1-13-11-16(22-18(21-13)23(3)4)12-20-19(25)24-10-9-15-7-5-6-8-17(15)14(24)2/h5-8,11,14H,9-10,12H2,1-4H3,(H,20,25)/t14-/m1/s1. The smallest absolute Gasteiger partial charge is 0.318 e. The third-order valence-electron chi connectivity index (χ3n) is 4.57. The average Bonchev–Trinajstić information content (AvgIpc) is 2.60. The van der Waals surface area contributed by atoms with E-state index in [9.17, 15) is 4.79 Å². The molecule has 0 saturated carbocycles. The highest BCUT2D eigenvalue weighted by molar-refractivity contribution is 5.75. The van der Waals surface area contributed by atoms with Gasteiger partial charge in [-0.3, -0.25) is 0 Å². The van der Waals surface area contributed by atoms with Crippen LogP contribution in [-0.2, 0) is 13.0 Å². The van der Waals surface area contributed by atoms with Crippen LogP contribution in [0.25, 0.3) is 0 Å². The first-order valence-corrected chi connectivity index (χ1v) is 8.60. The number of nitrogens with zero attached hydrogens (tertiary/aromatic N) is 4. The summed E-state index contributed by atoms with van der Waals surface area (Å²) in [4.78, 5) is 25.3. The van der Waals surface area contributed by atoms with Crippen LogP contribution in [0.15, 0.2) is 30.3 Å². The molecular formula is C19H25N5O. The van der Waals surface area contributed by atoms with E-state index in [2.05, 4.69) is 40.4 Å². The van der Waals surface area contributed by atoms with Gasteiger partial charge in [-0.1, -0.05) is 24.3 Å². The number of carbonyl (C=O) groups excluding carboxylic acids is 1. The molecule has 3 rings (SSSR count). The van der Waals surface area contributed by atoms with E-state index in [-0.39, 0.29) is 12.1 Å². The number of amides is 2. The number of hydrogen-bond acceptors (Lipinski definition) is 4. The number of anilines is 1. The summed E-state index contributed by atoms with van der Waals surface area (Å²) in [6.07, 6.45) is 0.894. The molecule has 0 saturated heterocycles. The Morgan fingerprint density at radius 1 is 1.32 bits per heavy atom. The Hall–Kier alpha value is -2.63. The zero-order valence-electron chi connectivity index (χ0n) is 15.3. The Morgan fingerprint density at radius 2 is 2.08 bits per heavy atom. The summed E-state index contributed by atoms with van der Waals surface area (Å²) >= 11 is 0. The number of carbonyl (C=O) groups is 1. The molecule has 1 aliphatic rings. The number of aromatic nitrogens is 2. The van der Waals surface area contributed by atoms with Gasteiger partial charge in [0.15, 0.2) is 0 Å². The van der Waals surface area contributed by atoms with Crippen LogP contribution in [0.2, 0.25) is 0 Å². The minimum absolute atomic E-state index is 0.0512. The highest BCUT2D eigenvalue weighted by Crippen LogP contribution is 2.28. The summed E-state index contributed by atoms with van der Waals surface area (Å²) in [6.45, 7) is 5.14. The van der Waals surface area contributed by atoms with Gasteiger partial charge in [0.1, 0.15) is 0 Å². The molecule has 0 fully saturated rings. The molecule has 2 aromatic rings. The maximum absolute atomic E-state index is 12.7. The maximum atomic E-state index is 12.7. The fourth-order valence-electron chi connectivity index (χ4n) is 3.22. The molecule has 0 radical (unpaired) electrons. The molecule has 2 heterocycles. The highest BCUT2D eigenvalue weighted by atomic mass is 16.2. The van der Waals surface area contributed by atoms with Gasteiger partial charge in [0, 0.05) is 26.3 Å². The Labute approximate surface area is 148 Å². The first kappa shape index (κ1) is 17.2. The van der Waals surface area contributed by atoms with Crippen LogP contribution in [0.5, 0.6) is 0 Å². The topological polar surface area (TPSA) is 61.4 Å². The fourth-order valence-corrected chi connectivity index (χ4v) is 3.22. The highest BCUT2D eigenvalue weighted by Gasteiger charge is 2.27. The quantitative estimate of drug-likeness (QED) is 0.934. The number of urea groups is 1. The van der Waals surface area contributed by atoms with E-state index in [0.717, 1.165) is 24.4 Å². The van der Waals surface area contributed by atoms with Crippen molar-refractivity contribution in [2.24, 2.45) is 0 Å². The molecule has 1 aromatic heterocycles. The first-order chi connectivity index (χ1) is 12.0. The molecule has 1 N–H and O–H groups in total. The largest absolute Gasteiger partial charge is 0.347 e. The van der Waals surface area contributed by atoms with Gasteiger partial charge in [0.25, 0.3) is 0 Å². The molecule has 0 unspecified atom stereocenters. The first-order valence-electron chi connectivity index (χ1n) is 8.60. The summed E-state index contributed by atoms with van der Waals surface area (Å²) in [6, 6.07) is 10.3. The summed E-state index contributed by atoms with van der Waals surface area (Å²) in [5.74, 6) is 0.657. The van der Waals surface area contributed by atoms with Gasteiger partial charge in [0.2, 0.25) is 5.95 Å². The van der Waals surface area contributed by atoms with E-state index in [1.165, 1.54) is 11.1 Å². The van der Waals surface area contributed by atoms with Crippen LogP contribution < -0.4 is 10.2 Å². The predicted octanol–water partition coefficient (Wildman–Crippen LogP) is 2.68. The van der Waals surface area contributed by atoms with E-state index in [1.807, 2.05) is 43.0 Å². The van der Waals surface area contributed by atoms with Crippen molar-refractivity contribution in [3.05, 3.63) is 52.8 Å². The van der Waals surface area contributed by atoms with Gasteiger partial charge in [0.05, 0.1) is 18.3 Å². The monoisotopic (exact) mass is 339 g/mol. The number of fused-ring (bicyclic) bond motifs is 1. The molecule has 0 spiro atoms. The molecule has 25 heavy (non-hydrogen) atoms. The van der Waals surface area contributed by atoms with Crippen LogP contribution in [-0.4, -0.2) is 41.5 Å². The number of benzene rings is 1. The normalized spacial score (nSPS) is 16.3. The minimum atomic E-state index is -0.0512. The Bertz CT molecular complexity index is 774. The van der Waals surface area contributed by atoms with Gasteiger partial charge in [-0.05, 0) is 37.5 Å². The maximum Gasteiger partial charge on any atom is 0.318 e. The second kappa shape index (κ2) is 7.09. The lowest BCUT2D eigenvalue weighted by atomic mass is 9.94. The summed E-state index contributed by atoms with van der Waals surface area (Å²) in [5.41, 5.74) is 4.27. The lowest BCUT2D eigenvalue weighted by Gasteiger charge is -2.35. The zero-order valence-corrected chi connectivity index (χ0v) is 15.3. The lowest BCUT2D eigenvalue weighted by Crippen LogP contribution is -2.44. The molecule has 0 bridgehead atoms. The molecule has 1 aromatic carbocycles. The van der Waals surface area contributed by atoms with Crippen LogP contribution in [0, 0.1) is 6.92 Å². The second-order valence-electron chi connectivity index (χ2n) is 6.67. The molecule has 6 nitrogen and oxygen atoms in total. The molecule has 6 heteroatoms. The average molecular weight is 339 g/mol. The van der Waals surface area contributed by atoms with E-state index in [0.29, 0.717) is 12.5 Å². The van der Waals surface area contributed by atoms with Crippen molar-refractivity contribution in [2.75, 3.05) is 25.5 Å². The Kier molecular flexibility index (Phi) is 4.88. The van der Waals surface area contributed by atoms with Crippen LogP contribution in [0.1, 0.15) is 35.5 Å². The van der Waals surface area contributed by atoms with Crippen LogP contribution in [0.4, 0.5) is 10.7 Å². The fraction of sp³-hybridized carbons (Fsp3) is 0.421. The Balaban J connectivity index is 1.68. The SMILES string of the molecule is Cc1cc(CNC(=O)N2CCc3ccccc3[C@H]2C)nc(N(C)C)n1. The van der Waals surface area contributed by atoms with E-state index in [4.69, 9.17) is 0 Å². The van der Waals surface area contributed by atoms with Crippen molar-refractivity contribution >= 4 is 12.0 Å². The van der Waals surface area contributed by atoms with Crippen LogP contribution >= 0.6 is 0 Å². The number of nitrogens with one attached hydrogen (secondary N) is 1. The molecular weight excluding hydrogens is 314 g/mol. The molecule has 132 valence electrons. The van der Waals surface area contributed by atoms with E-state index in [1.54, 1.807) is 0 Å². The predicted molar refractivity (Wildman–Crippen MR) is 98.6 cm³/mol. The van der Waals surface area contributed by atoms with Crippen molar-refractivity contribution in [2.45, 2.75) is 32.9 Å². The van der Waals surface area contributed by atoms with Crippen molar-refractivity contribution < 1.29 is 4.79 Å². The summed E-state index contributed by atoms with van der Waals surface area (Å²) in [7, 11) is 3.81. The zero-order chi connectivity index (χ0) is 18.0. The van der Waals surface area contributed by atoms with Crippen molar-refractivity contribution in [1.82, 2.24) is 20.2 Å². The number of hydrogen-bond donors (Lipinski definition) is 1. The van der Waals surface area contributed by atoms with Crippen molar-refractivity contribution in [3.8, 4) is 0 Å². The minimum Gasteiger partial charge on any atom is -0.347 e. The van der Waals surface area contributed by atoms with Crippen LogP contribution in [0.3, 0.4) is 0 Å². The second-order valence-corrected chi connectivity index (χ2v) is 6.67. The van der Waals surface area contributed by atoms with Crippen molar-refractivity contribution in [1.29, 1.82) is 0 Å². The third kappa shape index (κ3) is 3.73. The van der Waals surface area contributed by atoms with Gasteiger partial charge < -0.3 is 15.1 Å². The Morgan fingerprint density at radius 3 is 2.84 bits per heavy atom. The summed E-state index contributed by atoms with van der Waals surface area (Å²) < 4.78 is 0. The summed E-state index contributed by atoms with van der Waals surface area (Å²) in [5, 5.41) is 3.00. The van der Waals surface area contributed by atoms with E-state index >= 15 is 0 Å². The van der Waals surface area contributed by atoms with E-state index < -0.39 is 0 Å². The van der Waals surface area contributed by atoms with Crippen molar-refractivity contribution in [3.63, 3.8) is 0 Å². The van der Waals surface area contributed by atoms with Gasteiger partial charge in [-0.15, -0.1) is 0 Å². The third-order valence-corrected chi connectivity index (χ3v) is 4.57. The number of rotatable bonds is 3.